The predicted molar refractivity (Wildman–Crippen MR) is 117 cm³/mol. The van der Waals surface area contributed by atoms with Crippen LogP contribution in [0, 0.1) is 6.92 Å². The average molecular weight is 419 g/mol. The van der Waals surface area contributed by atoms with Crippen molar-refractivity contribution in [2.75, 3.05) is 11.4 Å². The number of anilines is 1. The largest absolute Gasteiger partial charge is 0.366 e. The van der Waals surface area contributed by atoms with Gasteiger partial charge in [-0.05, 0) is 68.4 Å². The van der Waals surface area contributed by atoms with Gasteiger partial charge < -0.3 is 5.73 Å². The fourth-order valence-corrected chi connectivity index (χ4v) is 5.88. The Labute approximate surface area is 178 Å². The summed E-state index contributed by atoms with van der Waals surface area (Å²) >= 11 is 1.68. The second kappa shape index (κ2) is 7.32. The first-order valence-electron chi connectivity index (χ1n) is 10.2. The van der Waals surface area contributed by atoms with Crippen molar-refractivity contribution in [3.8, 4) is 11.3 Å². The Bertz CT molecular complexity index is 1170. The lowest BCUT2D eigenvalue weighted by atomic mass is 9.92. The maximum atomic E-state index is 13.4. The van der Waals surface area contributed by atoms with Crippen LogP contribution < -0.4 is 10.6 Å². The van der Waals surface area contributed by atoms with E-state index in [4.69, 9.17) is 5.73 Å². The van der Waals surface area contributed by atoms with Gasteiger partial charge in [-0.15, -0.1) is 11.3 Å². The zero-order valence-corrected chi connectivity index (χ0v) is 17.6. The van der Waals surface area contributed by atoms with Crippen LogP contribution in [0.2, 0.25) is 0 Å². The maximum absolute atomic E-state index is 13.4. The highest BCUT2D eigenvalue weighted by Crippen LogP contribution is 2.39. The lowest BCUT2D eigenvalue weighted by molar-refractivity contribution is 0.0980. The third kappa shape index (κ3) is 3.01. The summed E-state index contributed by atoms with van der Waals surface area (Å²) in [5, 5.41) is 0. The molecule has 1 aliphatic heterocycles. The Morgan fingerprint density at radius 1 is 1.10 bits per heavy atom. The van der Waals surface area contributed by atoms with Crippen molar-refractivity contribution in [3.05, 3.63) is 62.6 Å². The molecule has 30 heavy (non-hydrogen) atoms. The molecule has 0 saturated carbocycles. The van der Waals surface area contributed by atoms with Crippen LogP contribution in [0.3, 0.4) is 0 Å². The number of amides is 2. The molecule has 0 spiro atoms. The lowest BCUT2D eigenvalue weighted by Crippen LogP contribution is -2.38. The average Bonchev–Trinajstić information content (AvgIpc) is 3.14. The van der Waals surface area contributed by atoms with Gasteiger partial charge in [0.25, 0.3) is 5.91 Å². The van der Waals surface area contributed by atoms with Crippen LogP contribution in [0.15, 0.2) is 30.6 Å². The van der Waals surface area contributed by atoms with Crippen LogP contribution >= 0.6 is 11.3 Å². The summed E-state index contributed by atoms with van der Waals surface area (Å²) in [6.45, 7) is 2.60. The second-order valence-electron chi connectivity index (χ2n) is 7.83. The molecule has 3 aromatic rings. The standard InChI is InChI=1S/C23H22N4O2S/c1-13-15(18-7-6-14(12-26-18)21(24)28)8-10-25-22(13)27-11-9-17-16-4-2-3-5-19(16)30-20(17)23(27)29/h6-8,10,12H,2-5,9,11H2,1H3,(H2,24,28). The number of pyridine rings is 2. The van der Waals surface area contributed by atoms with Crippen LogP contribution in [0.1, 0.15) is 54.4 Å². The SMILES string of the molecule is Cc1c(-c2ccc(C(N)=O)cn2)ccnc1N1CCc2c(sc3c2CCCC3)C1=O. The summed E-state index contributed by atoms with van der Waals surface area (Å²) in [6.07, 6.45) is 8.71. The van der Waals surface area contributed by atoms with E-state index in [1.165, 1.54) is 35.0 Å². The fraction of sp³-hybridized carbons (Fsp3) is 0.304. The highest BCUT2D eigenvalue weighted by molar-refractivity contribution is 7.14. The van der Waals surface area contributed by atoms with E-state index in [9.17, 15) is 9.59 Å². The number of rotatable bonds is 3. The number of aromatic nitrogens is 2. The number of hydrogen-bond donors (Lipinski definition) is 1. The molecule has 0 bridgehead atoms. The third-order valence-corrected chi connectivity index (χ3v) is 7.38. The summed E-state index contributed by atoms with van der Waals surface area (Å²) < 4.78 is 0. The molecule has 152 valence electrons. The van der Waals surface area contributed by atoms with Gasteiger partial charge in [-0.1, -0.05) is 0 Å². The van der Waals surface area contributed by atoms with E-state index in [0.717, 1.165) is 41.0 Å². The molecule has 5 rings (SSSR count). The van der Waals surface area contributed by atoms with Crippen LogP contribution in [0.5, 0.6) is 0 Å². The summed E-state index contributed by atoms with van der Waals surface area (Å²) in [7, 11) is 0. The summed E-state index contributed by atoms with van der Waals surface area (Å²) in [4.78, 5) is 37.7. The minimum atomic E-state index is -0.505. The quantitative estimate of drug-likeness (QED) is 0.702. The van der Waals surface area contributed by atoms with E-state index in [-0.39, 0.29) is 5.91 Å². The Hall–Kier alpha value is -3.06. The number of nitrogens with two attached hydrogens (primary N) is 1. The highest BCUT2D eigenvalue weighted by atomic mass is 32.1. The minimum Gasteiger partial charge on any atom is -0.366 e. The Kier molecular flexibility index (Phi) is 4.62. The first-order chi connectivity index (χ1) is 14.5. The smallest absolute Gasteiger partial charge is 0.269 e. The van der Waals surface area contributed by atoms with Crippen LogP contribution in [0.25, 0.3) is 11.3 Å². The molecule has 2 N–H and O–H groups in total. The van der Waals surface area contributed by atoms with Crippen LogP contribution in [-0.2, 0) is 19.3 Å². The molecular weight excluding hydrogens is 396 g/mol. The van der Waals surface area contributed by atoms with Crippen molar-refractivity contribution >= 4 is 29.0 Å². The molecule has 0 aromatic carbocycles. The van der Waals surface area contributed by atoms with E-state index in [0.29, 0.717) is 17.9 Å². The molecule has 0 atom stereocenters. The molecule has 4 heterocycles. The van der Waals surface area contributed by atoms with E-state index < -0.39 is 5.91 Å². The number of fused-ring (bicyclic) bond motifs is 3. The van der Waals surface area contributed by atoms with E-state index in [1.807, 2.05) is 13.0 Å². The number of carbonyl (C=O) groups excluding carboxylic acids is 2. The van der Waals surface area contributed by atoms with Crippen molar-refractivity contribution in [1.29, 1.82) is 0 Å². The fourth-order valence-electron chi connectivity index (χ4n) is 4.49. The first-order valence-corrected chi connectivity index (χ1v) is 11.0. The summed E-state index contributed by atoms with van der Waals surface area (Å²) in [5.41, 5.74) is 10.9. The number of carbonyl (C=O) groups is 2. The van der Waals surface area contributed by atoms with Crippen molar-refractivity contribution in [2.24, 2.45) is 5.73 Å². The normalized spacial score (nSPS) is 15.6. The predicted octanol–water partition coefficient (Wildman–Crippen LogP) is 3.69. The minimum absolute atomic E-state index is 0.0560. The molecule has 1 aliphatic carbocycles. The lowest BCUT2D eigenvalue weighted by Gasteiger charge is -2.28. The molecule has 0 unspecified atom stereocenters. The molecule has 0 fully saturated rings. The second-order valence-corrected chi connectivity index (χ2v) is 8.93. The zero-order chi connectivity index (χ0) is 20.8. The van der Waals surface area contributed by atoms with Gasteiger partial charge in [0.2, 0.25) is 5.91 Å². The maximum Gasteiger partial charge on any atom is 0.269 e. The highest BCUT2D eigenvalue weighted by Gasteiger charge is 2.33. The van der Waals surface area contributed by atoms with Gasteiger partial charge in [-0.2, -0.15) is 0 Å². The van der Waals surface area contributed by atoms with Gasteiger partial charge in [0.1, 0.15) is 5.82 Å². The molecule has 0 radical (unpaired) electrons. The molecule has 3 aromatic heterocycles. The number of aryl methyl sites for hydroxylation is 1. The summed E-state index contributed by atoms with van der Waals surface area (Å²) in [5.74, 6) is 0.227. The topological polar surface area (TPSA) is 89.2 Å². The Morgan fingerprint density at radius 3 is 2.70 bits per heavy atom. The van der Waals surface area contributed by atoms with Gasteiger partial charge >= 0.3 is 0 Å². The van der Waals surface area contributed by atoms with E-state index in [1.54, 1.807) is 34.6 Å². The van der Waals surface area contributed by atoms with Crippen molar-refractivity contribution in [1.82, 2.24) is 9.97 Å². The summed E-state index contributed by atoms with van der Waals surface area (Å²) in [6, 6.07) is 5.32. The zero-order valence-electron chi connectivity index (χ0n) is 16.8. The molecule has 2 aliphatic rings. The Balaban J connectivity index is 1.51. The van der Waals surface area contributed by atoms with E-state index >= 15 is 0 Å². The molecular formula is C23H22N4O2S. The molecule has 0 saturated heterocycles. The number of nitrogens with zero attached hydrogens (tertiary/aromatic N) is 3. The van der Waals surface area contributed by atoms with Gasteiger partial charge in [-0.3, -0.25) is 19.5 Å². The van der Waals surface area contributed by atoms with Gasteiger partial charge in [-0.25, -0.2) is 4.98 Å². The van der Waals surface area contributed by atoms with Crippen molar-refractivity contribution in [2.45, 2.75) is 39.0 Å². The number of thiophene rings is 1. The third-order valence-electron chi connectivity index (χ3n) is 6.06. The van der Waals surface area contributed by atoms with Crippen LogP contribution in [-0.4, -0.2) is 28.3 Å². The monoisotopic (exact) mass is 418 g/mol. The van der Waals surface area contributed by atoms with Crippen molar-refractivity contribution < 1.29 is 9.59 Å². The number of hydrogen-bond acceptors (Lipinski definition) is 5. The van der Waals surface area contributed by atoms with E-state index in [2.05, 4.69) is 9.97 Å². The van der Waals surface area contributed by atoms with Gasteiger partial charge in [0.15, 0.2) is 0 Å². The van der Waals surface area contributed by atoms with Crippen LogP contribution in [0.4, 0.5) is 5.82 Å². The molecule has 2 amide bonds. The first kappa shape index (κ1) is 18.9. The van der Waals surface area contributed by atoms with Crippen molar-refractivity contribution in [3.63, 3.8) is 0 Å². The molecule has 7 heteroatoms. The molecule has 6 nitrogen and oxygen atoms in total. The van der Waals surface area contributed by atoms with Gasteiger partial charge in [0.05, 0.1) is 16.1 Å². The Morgan fingerprint density at radius 2 is 1.93 bits per heavy atom. The van der Waals surface area contributed by atoms with Gasteiger partial charge in [0, 0.05) is 34.9 Å². The number of primary amides is 1.